The SMILES string of the molecule is NCCC1(c2c(F)cccc2Br)CCC1. The fourth-order valence-corrected chi connectivity index (χ4v) is 3.27. The van der Waals surface area contributed by atoms with Crippen molar-refractivity contribution in [3.8, 4) is 0 Å². The second-order valence-electron chi connectivity index (χ2n) is 4.27. The summed E-state index contributed by atoms with van der Waals surface area (Å²) in [5.41, 5.74) is 6.46. The van der Waals surface area contributed by atoms with E-state index in [1.54, 1.807) is 6.07 Å². The van der Waals surface area contributed by atoms with Crippen LogP contribution in [0.3, 0.4) is 0 Å². The van der Waals surface area contributed by atoms with Crippen LogP contribution in [0, 0.1) is 5.82 Å². The maximum atomic E-state index is 13.8. The number of benzene rings is 1. The van der Waals surface area contributed by atoms with Crippen LogP contribution in [-0.2, 0) is 5.41 Å². The highest BCUT2D eigenvalue weighted by molar-refractivity contribution is 9.10. The lowest BCUT2D eigenvalue weighted by atomic mass is 9.62. The predicted molar refractivity (Wildman–Crippen MR) is 63.3 cm³/mol. The molecule has 15 heavy (non-hydrogen) atoms. The molecule has 1 nitrogen and oxygen atoms in total. The molecule has 0 spiro atoms. The Hall–Kier alpha value is -0.410. The van der Waals surface area contributed by atoms with Crippen LogP contribution in [0.25, 0.3) is 0 Å². The first-order chi connectivity index (χ1) is 7.19. The molecule has 0 saturated heterocycles. The average molecular weight is 272 g/mol. The Morgan fingerprint density at radius 1 is 1.40 bits per heavy atom. The van der Waals surface area contributed by atoms with Gasteiger partial charge in [-0.1, -0.05) is 28.4 Å². The van der Waals surface area contributed by atoms with Gasteiger partial charge < -0.3 is 5.73 Å². The molecule has 1 aliphatic rings. The summed E-state index contributed by atoms with van der Waals surface area (Å²) in [6, 6.07) is 5.18. The van der Waals surface area contributed by atoms with Crippen molar-refractivity contribution in [1.29, 1.82) is 0 Å². The number of halogens is 2. The van der Waals surface area contributed by atoms with Crippen molar-refractivity contribution < 1.29 is 4.39 Å². The Bertz CT molecular complexity index is 340. The minimum atomic E-state index is -0.0995. The molecule has 0 unspecified atom stereocenters. The number of hydrogen-bond donors (Lipinski definition) is 1. The Morgan fingerprint density at radius 3 is 2.60 bits per heavy atom. The van der Waals surface area contributed by atoms with Crippen LogP contribution < -0.4 is 5.73 Å². The molecule has 0 atom stereocenters. The zero-order valence-corrected chi connectivity index (χ0v) is 10.2. The Labute approximate surface area is 98.0 Å². The Balaban J connectivity index is 2.42. The van der Waals surface area contributed by atoms with E-state index in [1.165, 1.54) is 12.5 Å². The number of nitrogens with two attached hydrogens (primary N) is 1. The summed E-state index contributed by atoms with van der Waals surface area (Å²) in [7, 11) is 0. The Kier molecular flexibility index (Phi) is 3.12. The van der Waals surface area contributed by atoms with E-state index < -0.39 is 0 Å². The molecule has 0 bridgehead atoms. The molecule has 0 radical (unpaired) electrons. The molecule has 1 aromatic carbocycles. The van der Waals surface area contributed by atoms with Gasteiger partial charge in [-0.3, -0.25) is 0 Å². The highest BCUT2D eigenvalue weighted by atomic mass is 79.9. The first-order valence-corrected chi connectivity index (χ1v) is 6.13. The van der Waals surface area contributed by atoms with Gasteiger partial charge in [0.2, 0.25) is 0 Å². The van der Waals surface area contributed by atoms with Crippen LogP contribution in [0.2, 0.25) is 0 Å². The quantitative estimate of drug-likeness (QED) is 0.897. The molecule has 1 saturated carbocycles. The van der Waals surface area contributed by atoms with Crippen molar-refractivity contribution >= 4 is 15.9 Å². The van der Waals surface area contributed by atoms with Crippen LogP contribution in [0.5, 0.6) is 0 Å². The molecule has 0 aromatic heterocycles. The van der Waals surface area contributed by atoms with Crippen molar-refractivity contribution in [3.05, 3.63) is 34.1 Å². The van der Waals surface area contributed by atoms with Gasteiger partial charge in [0.15, 0.2) is 0 Å². The van der Waals surface area contributed by atoms with Crippen LogP contribution >= 0.6 is 15.9 Å². The summed E-state index contributed by atoms with van der Waals surface area (Å²) >= 11 is 3.45. The van der Waals surface area contributed by atoms with Gasteiger partial charge >= 0.3 is 0 Å². The van der Waals surface area contributed by atoms with E-state index in [2.05, 4.69) is 15.9 Å². The highest BCUT2D eigenvalue weighted by Crippen LogP contribution is 2.49. The molecule has 2 N–H and O–H groups in total. The van der Waals surface area contributed by atoms with Crippen LogP contribution in [0.1, 0.15) is 31.2 Å². The van der Waals surface area contributed by atoms with Crippen molar-refractivity contribution in [2.24, 2.45) is 5.73 Å². The van der Waals surface area contributed by atoms with Crippen molar-refractivity contribution in [2.45, 2.75) is 31.1 Å². The van der Waals surface area contributed by atoms with Gasteiger partial charge in [0.1, 0.15) is 5.82 Å². The van der Waals surface area contributed by atoms with E-state index >= 15 is 0 Å². The van der Waals surface area contributed by atoms with Gasteiger partial charge in [0.05, 0.1) is 0 Å². The van der Waals surface area contributed by atoms with Gasteiger partial charge in [0, 0.05) is 15.5 Å². The van der Waals surface area contributed by atoms with Gasteiger partial charge in [0.25, 0.3) is 0 Å². The molecule has 0 amide bonds. The topological polar surface area (TPSA) is 26.0 Å². The summed E-state index contributed by atoms with van der Waals surface area (Å²) < 4.78 is 14.7. The Morgan fingerprint density at radius 2 is 2.13 bits per heavy atom. The van der Waals surface area contributed by atoms with Crippen molar-refractivity contribution in [1.82, 2.24) is 0 Å². The molecule has 1 aromatic rings. The second kappa shape index (κ2) is 4.22. The minimum Gasteiger partial charge on any atom is -0.330 e. The zero-order valence-electron chi connectivity index (χ0n) is 8.60. The predicted octanol–water partition coefficient (Wildman–Crippen LogP) is 3.36. The number of rotatable bonds is 3. The van der Waals surface area contributed by atoms with Gasteiger partial charge in [-0.05, 0) is 37.9 Å². The van der Waals surface area contributed by atoms with Crippen LogP contribution in [0.4, 0.5) is 4.39 Å². The largest absolute Gasteiger partial charge is 0.330 e. The monoisotopic (exact) mass is 271 g/mol. The van der Waals surface area contributed by atoms with E-state index in [0.717, 1.165) is 29.3 Å². The van der Waals surface area contributed by atoms with Crippen molar-refractivity contribution in [2.75, 3.05) is 6.54 Å². The molecule has 3 heteroatoms. The van der Waals surface area contributed by atoms with Gasteiger partial charge in [-0.15, -0.1) is 0 Å². The maximum Gasteiger partial charge on any atom is 0.128 e. The van der Waals surface area contributed by atoms with Gasteiger partial charge in [-0.25, -0.2) is 4.39 Å². The summed E-state index contributed by atoms with van der Waals surface area (Å²) in [5, 5.41) is 0. The van der Waals surface area contributed by atoms with E-state index in [-0.39, 0.29) is 11.2 Å². The third-order valence-electron chi connectivity index (χ3n) is 3.43. The lowest BCUT2D eigenvalue weighted by Gasteiger charge is -2.43. The van der Waals surface area contributed by atoms with Gasteiger partial charge in [-0.2, -0.15) is 0 Å². The van der Waals surface area contributed by atoms with Crippen LogP contribution in [0.15, 0.2) is 22.7 Å². The average Bonchev–Trinajstić information content (AvgIpc) is 2.13. The molecule has 82 valence electrons. The fourth-order valence-electron chi connectivity index (χ4n) is 2.51. The summed E-state index contributed by atoms with van der Waals surface area (Å²) in [6.45, 7) is 0.626. The summed E-state index contributed by atoms with van der Waals surface area (Å²) in [5.74, 6) is -0.0995. The standard InChI is InChI=1S/C12H15BrFN/c13-9-3-1-4-10(14)11(9)12(7-8-15)5-2-6-12/h1,3-4H,2,5-8,15H2. The summed E-state index contributed by atoms with van der Waals surface area (Å²) in [4.78, 5) is 0. The fraction of sp³-hybridized carbons (Fsp3) is 0.500. The summed E-state index contributed by atoms with van der Waals surface area (Å²) in [6.07, 6.45) is 4.18. The minimum absolute atomic E-state index is 0.00106. The smallest absolute Gasteiger partial charge is 0.128 e. The van der Waals surface area contributed by atoms with Crippen LogP contribution in [-0.4, -0.2) is 6.54 Å². The molecule has 1 fully saturated rings. The normalized spacial score (nSPS) is 18.6. The first kappa shape index (κ1) is 11.1. The molecule has 0 heterocycles. The molecule has 2 rings (SSSR count). The van der Waals surface area contributed by atoms with E-state index in [9.17, 15) is 4.39 Å². The van der Waals surface area contributed by atoms with E-state index in [0.29, 0.717) is 6.54 Å². The highest BCUT2D eigenvalue weighted by Gasteiger charge is 2.40. The second-order valence-corrected chi connectivity index (χ2v) is 5.12. The zero-order chi connectivity index (χ0) is 10.9. The lowest BCUT2D eigenvalue weighted by Crippen LogP contribution is -2.37. The number of hydrogen-bond acceptors (Lipinski definition) is 1. The molecule has 0 aliphatic heterocycles. The van der Waals surface area contributed by atoms with Crippen molar-refractivity contribution in [3.63, 3.8) is 0 Å². The lowest BCUT2D eigenvalue weighted by molar-refractivity contribution is 0.221. The third-order valence-corrected chi connectivity index (χ3v) is 4.09. The molecular formula is C12H15BrFN. The third kappa shape index (κ3) is 1.83. The van der Waals surface area contributed by atoms with E-state index in [4.69, 9.17) is 5.73 Å². The molecule has 1 aliphatic carbocycles. The maximum absolute atomic E-state index is 13.8. The molecular weight excluding hydrogens is 257 g/mol. The first-order valence-electron chi connectivity index (χ1n) is 5.34. The van der Waals surface area contributed by atoms with E-state index in [1.807, 2.05) is 6.07 Å².